The number of carbonyl (C=O) groups is 1. The predicted octanol–water partition coefficient (Wildman–Crippen LogP) is 3.53. The fourth-order valence-corrected chi connectivity index (χ4v) is 2.75. The van der Waals surface area contributed by atoms with Crippen LogP contribution >= 0.6 is 11.8 Å². The summed E-state index contributed by atoms with van der Waals surface area (Å²) in [7, 11) is 0. The number of benzene rings is 1. The highest BCUT2D eigenvalue weighted by Gasteiger charge is 2.22. The molecule has 18 heavy (non-hydrogen) atoms. The van der Waals surface area contributed by atoms with Crippen molar-refractivity contribution >= 4 is 23.3 Å². The van der Waals surface area contributed by atoms with Crippen molar-refractivity contribution in [1.29, 1.82) is 0 Å². The third kappa shape index (κ3) is 3.16. The van der Waals surface area contributed by atoms with Crippen LogP contribution in [0.15, 0.2) is 35.9 Å². The summed E-state index contributed by atoms with van der Waals surface area (Å²) in [5, 5.41) is 0.518. The third-order valence-electron chi connectivity index (χ3n) is 2.88. The molecule has 0 aliphatic carbocycles. The van der Waals surface area contributed by atoms with E-state index < -0.39 is 0 Å². The predicted molar refractivity (Wildman–Crippen MR) is 76.5 cm³/mol. The number of rotatable bonds is 4. The van der Waals surface area contributed by atoms with Crippen molar-refractivity contribution in [1.82, 2.24) is 0 Å². The first kappa shape index (κ1) is 13.2. The van der Waals surface area contributed by atoms with E-state index in [1.807, 2.05) is 18.2 Å². The van der Waals surface area contributed by atoms with Crippen molar-refractivity contribution in [2.75, 3.05) is 12.4 Å². The van der Waals surface area contributed by atoms with Crippen LogP contribution in [0, 0.1) is 0 Å². The molecular weight excluding hydrogens is 244 g/mol. The summed E-state index contributed by atoms with van der Waals surface area (Å²) in [5.41, 5.74) is 3.14. The van der Waals surface area contributed by atoms with Crippen LogP contribution < -0.4 is 0 Å². The molecule has 1 aromatic carbocycles. The molecule has 1 aliphatic rings. The van der Waals surface area contributed by atoms with E-state index in [9.17, 15) is 4.79 Å². The molecule has 0 radical (unpaired) electrons. The summed E-state index contributed by atoms with van der Waals surface area (Å²) in [6.07, 6.45) is 0.823. The minimum absolute atomic E-state index is 0.145. The summed E-state index contributed by atoms with van der Waals surface area (Å²) in [6, 6.07) is 10.1. The van der Waals surface area contributed by atoms with Gasteiger partial charge >= 0.3 is 5.97 Å². The van der Waals surface area contributed by atoms with E-state index >= 15 is 0 Å². The van der Waals surface area contributed by atoms with E-state index in [-0.39, 0.29) is 5.97 Å². The molecule has 0 bridgehead atoms. The molecule has 0 atom stereocenters. The lowest BCUT2D eigenvalue weighted by Crippen LogP contribution is -2.19. The van der Waals surface area contributed by atoms with Crippen molar-refractivity contribution < 1.29 is 9.53 Å². The van der Waals surface area contributed by atoms with Gasteiger partial charge in [0.15, 0.2) is 0 Å². The molecule has 2 rings (SSSR count). The van der Waals surface area contributed by atoms with Gasteiger partial charge in [-0.15, -0.1) is 0 Å². The number of ether oxygens (including phenoxy) is 1. The van der Waals surface area contributed by atoms with Crippen LogP contribution in [0.4, 0.5) is 0 Å². The largest absolute Gasteiger partial charge is 0.462 e. The molecule has 0 fully saturated rings. The minimum atomic E-state index is -0.145. The Hall–Kier alpha value is -1.22. The van der Waals surface area contributed by atoms with Crippen LogP contribution in [0.5, 0.6) is 0 Å². The first-order chi connectivity index (χ1) is 8.68. The van der Waals surface area contributed by atoms with Crippen LogP contribution in [0.1, 0.15) is 25.8 Å². The Morgan fingerprint density at radius 3 is 2.67 bits per heavy atom. The fourth-order valence-electron chi connectivity index (χ4n) is 1.96. The second-order valence-corrected chi connectivity index (χ2v) is 6.13. The Balaban J connectivity index is 2.30. The summed E-state index contributed by atoms with van der Waals surface area (Å²) >= 11 is 1.78. The van der Waals surface area contributed by atoms with Gasteiger partial charge in [-0.3, -0.25) is 0 Å². The quantitative estimate of drug-likeness (QED) is 0.776. The van der Waals surface area contributed by atoms with Crippen molar-refractivity contribution in [3.8, 4) is 0 Å². The summed E-state index contributed by atoms with van der Waals surface area (Å²) in [4.78, 5) is 11.9. The highest BCUT2D eigenvalue weighted by Crippen LogP contribution is 2.29. The van der Waals surface area contributed by atoms with Gasteiger partial charge in [0.25, 0.3) is 0 Å². The second kappa shape index (κ2) is 6.10. The van der Waals surface area contributed by atoms with Gasteiger partial charge in [-0.25, -0.2) is 4.79 Å². The van der Waals surface area contributed by atoms with Crippen molar-refractivity contribution in [3.63, 3.8) is 0 Å². The molecule has 96 valence electrons. The molecule has 0 amide bonds. The van der Waals surface area contributed by atoms with E-state index in [2.05, 4.69) is 26.0 Å². The number of carbonyl (C=O) groups excluding carboxylic acids is 1. The average molecular weight is 262 g/mol. The molecule has 0 spiro atoms. The van der Waals surface area contributed by atoms with Crippen LogP contribution in [0.3, 0.4) is 0 Å². The van der Waals surface area contributed by atoms with Crippen molar-refractivity contribution in [2.24, 2.45) is 0 Å². The maximum atomic E-state index is 11.9. The second-order valence-electron chi connectivity index (χ2n) is 4.57. The van der Waals surface area contributed by atoms with Gasteiger partial charge in [-0.05, 0) is 16.4 Å². The molecule has 0 saturated heterocycles. The van der Waals surface area contributed by atoms with Gasteiger partial charge in [0, 0.05) is 12.2 Å². The van der Waals surface area contributed by atoms with E-state index in [4.69, 9.17) is 4.74 Å². The Morgan fingerprint density at radius 2 is 2.00 bits per heavy atom. The van der Waals surface area contributed by atoms with Gasteiger partial charge in [-0.2, -0.15) is 11.8 Å². The topological polar surface area (TPSA) is 26.3 Å². The molecule has 3 heteroatoms. The van der Waals surface area contributed by atoms with E-state index in [0.717, 1.165) is 28.9 Å². The normalized spacial score (nSPS) is 16.1. The van der Waals surface area contributed by atoms with Crippen molar-refractivity contribution in [2.45, 2.75) is 25.5 Å². The summed E-state index contributed by atoms with van der Waals surface area (Å²) in [6.45, 7) is 4.78. The van der Waals surface area contributed by atoms with Gasteiger partial charge in [0.2, 0.25) is 0 Å². The number of esters is 1. The van der Waals surface area contributed by atoms with E-state index in [0.29, 0.717) is 11.9 Å². The maximum absolute atomic E-state index is 11.9. The van der Waals surface area contributed by atoms with Crippen LogP contribution in [-0.2, 0) is 9.53 Å². The van der Waals surface area contributed by atoms with Crippen molar-refractivity contribution in [3.05, 3.63) is 41.5 Å². The molecule has 1 aromatic rings. The number of hydrogen-bond acceptors (Lipinski definition) is 3. The Labute approximate surface area is 112 Å². The molecule has 0 aromatic heterocycles. The SMILES string of the molecule is CC(C)SCC1=C(c2ccccc2)CCOC1=O. The molecule has 2 nitrogen and oxygen atoms in total. The van der Waals surface area contributed by atoms with Gasteiger partial charge < -0.3 is 4.74 Å². The minimum Gasteiger partial charge on any atom is -0.462 e. The van der Waals surface area contributed by atoms with Gasteiger partial charge in [0.05, 0.1) is 12.2 Å². The zero-order valence-corrected chi connectivity index (χ0v) is 11.6. The van der Waals surface area contributed by atoms with Gasteiger partial charge in [0.1, 0.15) is 0 Å². The first-order valence-electron chi connectivity index (χ1n) is 6.24. The highest BCUT2D eigenvalue weighted by atomic mass is 32.2. The molecular formula is C15H18O2S. The van der Waals surface area contributed by atoms with Crippen LogP contribution in [-0.4, -0.2) is 23.6 Å². The zero-order chi connectivity index (χ0) is 13.0. The monoisotopic (exact) mass is 262 g/mol. The highest BCUT2D eigenvalue weighted by molar-refractivity contribution is 8.00. The zero-order valence-electron chi connectivity index (χ0n) is 10.8. The third-order valence-corrected chi connectivity index (χ3v) is 4.00. The molecule has 1 aliphatic heterocycles. The lowest BCUT2D eigenvalue weighted by Gasteiger charge is -2.20. The van der Waals surface area contributed by atoms with Crippen LogP contribution in [0.25, 0.3) is 5.57 Å². The van der Waals surface area contributed by atoms with Gasteiger partial charge in [-0.1, -0.05) is 44.2 Å². The van der Waals surface area contributed by atoms with Crippen LogP contribution in [0.2, 0.25) is 0 Å². The van der Waals surface area contributed by atoms with E-state index in [1.54, 1.807) is 11.8 Å². The Morgan fingerprint density at radius 1 is 1.28 bits per heavy atom. The Bertz CT molecular complexity index is 449. The van der Waals surface area contributed by atoms with E-state index in [1.165, 1.54) is 0 Å². The molecule has 0 unspecified atom stereocenters. The lowest BCUT2D eigenvalue weighted by atomic mass is 9.96. The fraction of sp³-hybridized carbons (Fsp3) is 0.400. The standard InChI is InChI=1S/C15H18O2S/c1-11(2)18-10-14-13(8-9-17-15(14)16)12-6-4-3-5-7-12/h3-7,11H,8-10H2,1-2H3. The number of cyclic esters (lactones) is 1. The Kier molecular flexibility index (Phi) is 4.48. The molecule has 1 heterocycles. The first-order valence-corrected chi connectivity index (χ1v) is 7.29. The number of thioether (sulfide) groups is 1. The summed E-state index contributed by atoms with van der Waals surface area (Å²) < 4.78 is 5.16. The average Bonchev–Trinajstić information content (AvgIpc) is 2.38. The maximum Gasteiger partial charge on any atom is 0.335 e. The number of hydrogen-bond donors (Lipinski definition) is 0. The molecule has 0 N–H and O–H groups in total. The smallest absolute Gasteiger partial charge is 0.335 e. The lowest BCUT2D eigenvalue weighted by molar-refractivity contribution is -0.139. The summed E-state index contributed by atoms with van der Waals surface area (Å²) in [5.74, 6) is 0.592. The molecule has 0 saturated carbocycles.